The van der Waals surface area contributed by atoms with E-state index in [9.17, 15) is 4.79 Å². The van der Waals surface area contributed by atoms with Gasteiger partial charge in [0.1, 0.15) is 0 Å². The SMILES string of the molecule is NC(Cc1ccccc1)CN1CCC(C(=O)c2ccc(Cl)c(Cl)c2)CC1. The minimum absolute atomic E-state index is 0.0499. The van der Waals surface area contributed by atoms with Crippen LogP contribution >= 0.6 is 23.2 Å². The zero-order valence-corrected chi connectivity index (χ0v) is 16.2. The number of ketones is 1. The molecule has 1 unspecified atom stereocenters. The summed E-state index contributed by atoms with van der Waals surface area (Å²) in [6.07, 6.45) is 2.59. The third kappa shape index (κ3) is 5.08. The van der Waals surface area contributed by atoms with Crippen LogP contribution < -0.4 is 5.73 Å². The average Bonchev–Trinajstić information content (AvgIpc) is 2.65. The van der Waals surface area contributed by atoms with E-state index in [-0.39, 0.29) is 17.7 Å². The Balaban J connectivity index is 1.49. The van der Waals surface area contributed by atoms with Crippen molar-refractivity contribution in [1.82, 2.24) is 4.90 Å². The van der Waals surface area contributed by atoms with E-state index in [0.29, 0.717) is 15.6 Å². The summed E-state index contributed by atoms with van der Waals surface area (Å²) in [6, 6.07) is 15.6. The molecule has 0 bridgehead atoms. The Labute approximate surface area is 165 Å². The predicted octanol–water partition coefficient (Wildman–Crippen LogP) is 4.46. The second-order valence-electron chi connectivity index (χ2n) is 7.02. The van der Waals surface area contributed by atoms with E-state index in [0.717, 1.165) is 38.9 Å². The van der Waals surface area contributed by atoms with Crippen LogP contribution in [-0.4, -0.2) is 36.4 Å². The molecule has 1 aliphatic heterocycles. The lowest BCUT2D eigenvalue weighted by Gasteiger charge is -2.33. The zero-order valence-electron chi connectivity index (χ0n) is 14.7. The quantitative estimate of drug-likeness (QED) is 0.740. The molecule has 0 radical (unpaired) electrons. The molecule has 0 saturated carbocycles. The Morgan fingerprint density at radius 3 is 2.42 bits per heavy atom. The topological polar surface area (TPSA) is 46.3 Å². The van der Waals surface area contributed by atoms with Crippen molar-refractivity contribution in [2.45, 2.75) is 25.3 Å². The average molecular weight is 391 g/mol. The summed E-state index contributed by atoms with van der Waals surface area (Å²) in [4.78, 5) is 15.1. The van der Waals surface area contributed by atoms with Crippen molar-refractivity contribution >= 4 is 29.0 Å². The number of nitrogens with zero attached hydrogens (tertiary/aromatic N) is 1. The third-order valence-electron chi connectivity index (χ3n) is 5.00. The second-order valence-corrected chi connectivity index (χ2v) is 7.83. The van der Waals surface area contributed by atoms with Gasteiger partial charge in [0.15, 0.2) is 5.78 Å². The van der Waals surface area contributed by atoms with Crippen LogP contribution in [0.4, 0.5) is 0 Å². The highest BCUT2D eigenvalue weighted by Gasteiger charge is 2.26. The molecular formula is C21H24Cl2N2O. The molecule has 3 rings (SSSR count). The number of hydrogen-bond donors (Lipinski definition) is 1. The summed E-state index contributed by atoms with van der Waals surface area (Å²) in [5.41, 5.74) is 8.24. The Bertz CT molecular complexity index is 743. The normalized spacial score (nSPS) is 17.2. The van der Waals surface area contributed by atoms with E-state index in [4.69, 9.17) is 28.9 Å². The lowest BCUT2D eigenvalue weighted by molar-refractivity contribution is 0.0836. The van der Waals surface area contributed by atoms with Crippen molar-refractivity contribution < 1.29 is 4.79 Å². The molecule has 26 heavy (non-hydrogen) atoms. The van der Waals surface area contributed by atoms with E-state index in [1.165, 1.54) is 5.56 Å². The maximum Gasteiger partial charge on any atom is 0.166 e. The number of likely N-dealkylation sites (tertiary alicyclic amines) is 1. The molecule has 0 amide bonds. The molecule has 1 aliphatic rings. The number of nitrogens with two attached hydrogens (primary N) is 1. The molecule has 0 aliphatic carbocycles. The lowest BCUT2D eigenvalue weighted by Crippen LogP contribution is -2.43. The molecule has 1 fully saturated rings. The van der Waals surface area contributed by atoms with Crippen LogP contribution in [0.5, 0.6) is 0 Å². The van der Waals surface area contributed by atoms with Gasteiger partial charge in [0, 0.05) is 24.1 Å². The Morgan fingerprint density at radius 1 is 1.08 bits per heavy atom. The highest BCUT2D eigenvalue weighted by atomic mass is 35.5. The van der Waals surface area contributed by atoms with Gasteiger partial charge in [0.25, 0.3) is 0 Å². The molecular weight excluding hydrogens is 367 g/mol. The Hall–Kier alpha value is -1.39. The van der Waals surface area contributed by atoms with E-state index in [2.05, 4.69) is 17.0 Å². The predicted molar refractivity (Wildman–Crippen MR) is 108 cm³/mol. The number of carbonyl (C=O) groups is 1. The van der Waals surface area contributed by atoms with Crippen molar-refractivity contribution in [2.24, 2.45) is 11.7 Å². The first-order valence-corrected chi connectivity index (χ1v) is 9.79. The molecule has 1 heterocycles. The van der Waals surface area contributed by atoms with Crippen LogP contribution in [0.3, 0.4) is 0 Å². The number of halogens is 2. The van der Waals surface area contributed by atoms with Gasteiger partial charge in [-0.15, -0.1) is 0 Å². The molecule has 3 nitrogen and oxygen atoms in total. The summed E-state index contributed by atoms with van der Waals surface area (Å²) >= 11 is 12.0. The van der Waals surface area contributed by atoms with E-state index >= 15 is 0 Å². The van der Waals surface area contributed by atoms with Crippen LogP contribution in [0.15, 0.2) is 48.5 Å². The molecule has 5 heteroatoms. The maximum atomic E-state index is 12.7. The van der Waals surface area contributed by atoms with Crippen molar-refractivity contribution in [2.75, 3.05) is 19.6 Å². The summed E-state index contributed by atoms with van der Waals surface area (Å²) in [7, 11) is 0. The molecule has 0 aromatic heterocycles. The number of benzene rings is 2. The van der Waals surface area contributed by atoms with Gasteiger partial charge >= 0.3 is 0 Å². The standard InChI is InChI=1S/C21H24Cl2N2O/c22-19-7-6-17(13-20(19)23)21(26)16-8-10-25(11-9-16)14-18(24)12-15-4-2-1-3-5-15/h1-7,13,16,18H,8-12,14,24H2. The van der Waals surface area contributed by atoms with Gasteiger partial charge in [0.2, 0.25) is 0 Å². The fourth-order valence-electron chi connectivity index (χ4n) is 3.58. The smallest absolute Gasteiger partial charge is 0.166 e. The summed E-state index contributed by atoms with van der Waals surface area (Å²) < 4.78 is 0. The molecule has 2 N–H and O–H groups in total. The molecule has 0 spiro atoms. The van der Waals surface area contributed by atoms with Crippen molar-refractivity contribution in [3.63, 3.8) is 0 Å². The summed E-state index contributed by atoms with van der Waals surface area (Å²) in [5.74, 6) is 0.214. The monoisotopic (exact) mass is 390 g/mol. The fourth-order valence-corrected chi connectivity index (χ4v) is 3.87. The lowest BCUT2D eigenvalue weighted by atomic mass is 9.88. The number of rotatable bonds is 6. The fraction of sp³-hybridized carbons (Fsp3) is 0.381. The molecule has 1 saturated heterocycles. The first-order chi connectivity index (χ1) is 12.5. The summed E-state index contributed by atoms with van der Waals surface area (Å²) in [6.45, 7) is 2.67. The number of hydrogen-bond acceptors (Lipinski definition) is 3. The highest BCUT2D eigenvalue weighted by Crippen LogP contribution is 2.27. The minimum atomic E-state index is 0.0499. The van der Waals surface area contributed by atoms with Crippen LogP contribution in [0.2, 0.25) is 10.0 Å². The summed E-state index contributed by atoms with van der Waals surface area (Å²) in [5, 5.41) is 0.910. The van der Waals surface area contributed by atoms with Gasteiger partial charge < -0.3 is 10.6 Å². The molecule has 1 atom stereocenters. The maximum absolute atomic E-state index is 12.7. The van der Waals surface area contributed by atoms with Crippen LogP contribution in [0, 0.1) is 5.92 Å². The molecule has 2 aromatic rings. The Kier molecular flexibility index (Phi) is 6.71. The first kappa shape index (κ1) is 19.4. The van der Waals surface area contributed by atoms with E-state index in [1.807, 2.05) is 18.2 Å². The minimum Gasteiger partial charge on any atom is -0.326 e. The largest absolute Gasteiger partial charge is 0.326 e. The zero-order chi connectivity index (χ0) is 18.5. The van der Waals surface area contributed by atoms with Crippen molar-refractivity contribution in [3.05, 3.63) is 69.7 Å². The van der Waals surface area contributed by atoms with Gasteiger partial charge in [-0.1, -0.05) is 53.5 Å². The highest BCUT2D eigenvalue weighted by molar-refractivity contribution is 6.42. The van der Waals surface area contributed by atoms with Gasteiger partial charge in [-0.05, 0) is 56.1 Å². The van der Waals surface area contributed by atoms with Gasteiger partial charge in [-0.2, -0.15) is 0 Å². The molecule has 2 aromatic carbocycles. The van der Waals surface area contributed by atoms with Gasteiger partial charge in [0.05, 0.1) is 10.0 Å². The number of piperidine rings is 1. The van der Waals surface area contributed by atoms with Gasteiger partial charge in [-0.3, -0.25) is 4.79 Å². The van der Waals surface area contributed by atoms with Crippen molar-refractivity contribution in [1.29, 1.82) is 0 Å². The van der Waals surface area contributed by atoms with Crippen LogP contribution in [0.25, 0.3) is 0 Å². The van der Waals surface area contributed by atoms with E-state index in [1.54, 1.807) is 18.2 Å². The van der Waals surface area contributed by atoms with Gasteiger partial charge in [-0.25, -0.2) is 0 Å². The number of Topliss-reactive ketones (excluding diaryl/α,β-unsaturated/α-hetero) is 1. The van der Waals surface area contributed by atoms with Crippen LogP contribution in [-0.2, 0) is 6.42 Å². The van der Waals surface area contributed by atoms with Crippen LogP contribution in [0.1, 0.15) is 28.8 Å². The molecule has 138 valence electrons. The Morgan fingerprint density at radius 2 is 1.77 bits per heavy atom. The first-order valence-electron chi connectivity index (χ1n) is 9.04. The third-order valence-corrected chi connectivity index (χ3v) is 5.73. The van der Waals surface area contributed by atoms with Crippen molar-refractivity contribution in [3.8, 4) is 0 Å². The second kappa shape index (κ2) is 9.01. The van der Waals surface area contributed by atoms with E-state index < -0.39 is 0 Å². The number of carbonyl (C=O) groups excluding carboxylic acids is 1.